The van der Waals surface area contributed by atoms with Crippen molar-refractivity contribution in [3.05, 3.63) is 28.8 Å². The van der Waals surface area contributed by atoms with Gasteiger partial charge in [-0.3, -0.25) is 0 Å². The lowest BCUT2D eigenvalue weighted by molar-refractivity contribution is 0.407. The summed E-state index contributed by atoms with van der Waals surface area (Å²) >= 11 is 0. The van der Waals surface area contributed by atoms with Gasteiger partial charge in [-0.25, -0.2) is 0 Å². The molecule has 0 heterocycles. The number of nitrogens with two attached hydrogens (primary N) is 1. The Hall–Kier alpha value is -0.730. The molecule has 0 radical (unpaired) electrons. The monoisotopic (exact) mass is 257 g/mol. The van der Waals surface area contributed by atoms with Crippen LogP contribution in [0.4, 0.5) is 0 Å². The zero-order valence-electron chi connectivity index (χ0n) is 11.4. The van der Waals surface area contributed by atoms with E-state index in [1.54, 1.807) is 7.11 Å². The number of ether oxygens (including phenoxy) is 1. The van der Waals surface area contributed by atoms with Crippen molar-refractivity contribution in [2.45, 2.75) is 46.1 Å². The van der Waals surface area contributed by atoms with Gasteiger partial charge in [0.05, 0.1) is 7.11 Å². The van der Waals surface area contributed by atoms with Crippen molar-refractivity contribution >= 4 is 12.4 Å². The lowest BCUT2D eigenvalue weighted by Crippen LogP contribution is -2.18. The van der Waals surface area contributed by atoms with Gasteiger partial charge in [0.15, 0.2) is 0 Å². The maximum Gasteiger partial charge on any atom is 0.122 e. The van der Waals surface area contributed by atoms with Crippen LogP contribution in [0.5, 0.6) is 5.75 Å². The summed E-state index contributed by atoms with van der Waals surface area (Å²) in [4.78, 5) is 0. The van der Waals surface area contributed by atoms with Crippen molar-refractivity contribution in [2.24, 2.45) is 5.73 Å². The van der Waals surface area contributed by atoms with E-state index >= 15 is 0 Å². The molecule has 1 rings (SSSR count). The average molecular weight is 258 g/mol. The number of rotatable bonds is 4. The largest absolute Gasteiger partial charge is 0.496 e. The van der Waals surface area contributed by atoms with Crippen molar-refractivity contribution in [3.8, 4) is 5.75 Å². The van der Waals surface area contributed by atoms with Crippen LogP contribution in [0.1, 0.15) is 43.4 Å². The van der Waals surface area contributed by atoms with Crippen LogP contribution < -0.4 is 10.5 Å². The third kappa shape index (κ3) is 4.21. The summed E-state index contributed by atoms with van der Waals surface area (Å²) in [7, 11) is 1.73. The van der Waals surface area contributed by atoms with E-state index in [-0.39, 0.29) is 18.4 Å². The standard InChI is InChI=1S/C14H23NO.ClH/c1-9(2)13-8-12(7-11(4)15)10(3)6-14(13)16-5;/h6,8-9,11H,7,15H2,1-5H3;1H. The topological polar surface area (TPSA) is 35.2 Å². The van der Waals surface area contributed by atoms with E-state index in [9.17, 15) is 0 Å². The number of benzene rings is 1. The van der Waals surface area contributed by atoms with E-state index in [4.69, 9.17) is 10.5 Å². The fourth-order valence-corrected chi connectivity index (χ4v) is 1.94. The molecule has 2 nitrogen and oxygen atoms in total. The van der Waals surface area contributed by atoms with Gasteiger partial charge in [0.25, 0.3) is 0 Å². The number of methoxy groups -OCH3 is 1. The fraction of sp³-hybridized carbons (Fsp3) is 0.571. The minimum atomic E-state index is 0. The minimum Gasteiger partial charge on any atom is -0.496 e. The molecule has 0 bridgehead atoms. The van der Waals surface area contributed by atoms with Crippen molar-refractivity contribution in [3.63, 3.8) is 0 Å². The molecule has 1 unspecified atom stereocenters. The second-order valence-electron chi connectivity index (χ2n) is 4.86. The quantitative estimate of drug-likeness (QED) is 0.897. The summed E-state index contributed by atoms with van der Waals surface area (Å²) in [6, 6.07) is 4.56. The molecule has 0 aliphatic rings. The molecule has 0 amide bonds. The van der Waals surface area contributed by atoms with Crippen LogP contribution in [-0.2, 0) is 6.42 Å². The van der Waals surface area contributed by atoms with Crippen molar-refractivity contribution in [1.29, 1.82) is 0 Å². The Morgan fingerprint density at radius 1 is 1.24 bits per heavy atom. The highest BCUT2D eigenvalue weighted by Gasteiger charge is 2.11. The third-order valence-corrected chi connectivity index (χ3v) is 2.85. The van der Waals surface area contributed by atoms with Crippen LogP contribution in [0.15, 0.2) is 12.1 Å². The molecule has 3 heteroatoms. The van der Waals surface area contributed by atoms with E-state index in [2.05, 4.69) is 32.9 Å². The highest BCUT2D eigenvalue weighted by Crippen LogP contribution is 2.29. The Balaban J connectivity index is 0.00000256. The zero-order valence-corrected chi connectivity index (χ0v) is 12.2. The second kappa shape index (κ2) is 6.87. The van der Waals surface area contributed by atoms with Crippen molar-refractivity contribution < 1.29 is 4.74 Å². The molecule has 1 aromatic rings. The highest BCUT2D eigenvalue weighted by molar-refractivity contribution is 5.85. The van der Waals surface area contributed by atoms with Gasteiger partial charge in [0.2, 0.25) is 0 Å². The first-order chi connectivity index (χ1) is 7.45. The van der Waals surface area contributed by atoms with Crippen LogP contribution in [0, 0.1) is 6.92 Å². The van der Waals surface area contributed by atoms with Gasteiger partial charge < -0.3 is 10.5 Å². The van der Waals surface area contributed by atoms with Crippen LogP contribution in [0.2, 0.25) is 0 Å². The van der Waals surface area contributed by atoms with E-state index in [1.807, 2.05) is 6.92 Å². The summed E-state index contributed by atoms with van der Waals surface area (Å²) in [5.74, 6) is 1.46. The molecule has 17 heavy (non-hydrogen) atoms. The molecule has 0 aromatic heterocycles. The van der Waals surface area contributed by atoms with Gasteiger partial charge in [-0.1, -0.05) is 19.9 Å². The number of aryl methyl sites for hydroxylation is 1. The van der Waals surface area contributed by atoms with E-state index in [0.29, 0.717) is 5.92 Å². The first-order valence-electron chi connectivity index (χ1n) is 5.88. The van der Waals surface area contributed by atoms with Crippen LogP contribution in [0.25, 0.3) is 0 Å². The van der Waals surface area contributed by atoms with Gasteiger partial charge in [-0.05, 0) is 48.9 Å². The Bertz CT molecular complexity index is 361. The normalized spacial score (nSPS) is 12.2. The van der Waals surface area contributed by atoms with Crippen LogP contribution >= 0.6 is 12.4 Å². The fourth-order valence-electron chi connectivity index (χ4n) is 1.94. The molecule has 0 aliphatic heterocycles. The molecule has 0 saturated carbocycles. The maximum absolute atomic E-state index is 5.86. The molecule has 0 spiro atoms. The molecule has 0 aliphatic carbocycles. The summed E-state index contributed by atoms with van der Waals surface area (Å²) in [5.41, 5.74) is 9.72. The smallest absolute Gasteiger partial charge is 0.122 e. The van der Waals surface area contributed by atoms with E-state index < -0.39 is 0 Å². The predicted molar refractivity (Wildman–Crippen MR) is 76.4 cm³/mol. The molecule has 0 fully saturated rings. The third-order valence-electron chi connectivity index (χ3n) is 2.85. The average Bonchev–Trinajstić information content (AvgIpc) is 2.19. The second-order valence-corrected chi connectivity index (χ2v) is 4.86. The molecular formula is C14H24ClNO. The minimum absolute atomic E-state index is 0. The van der Waals surface area contributed by atoms with Gasteiger partial charge in [-0.15, -0.1) is 12.4 Å². The first-order valence-corrected chi connectivity index (χ1v) is 5.88. The molecular weight excluding hydrogens is 234 g/mol. The highest BCUT2D eigenvalue weighted by atomic mass is 35.5. The van der Waals surface area contributed by atoms with Crippen LogP contribution in [0.3, 0.4) is 0 Å². The van der Waals surface area contributed by atoms with Crippen molar-refractivity contribution in [1.82, 2.24) is 0 Å². The first kappa shape index (κ1) is 16.3. The summed E-state index contributed by atoms with van der Waals surface area (Å²) < 4.78 is 5.42. The Morgan fingerprint density at radius 2 is 1.82 bits per heavy atom. The number of hydrogen-bond acceptors (Lipinski definition) is 2. The van der Waals surface area contributed by atoms with Crippen molar-refractivity contribution in [2.75, 3.05) is 7.11 Å². The van der Waals surface area contributed by atoms with E-state index in [1.165, 1.54) is 16.7 Å². The molecule has 0 saturated heterocycles. The Morgan fingerprint density at radius 3 is 2.24 bits per heavy atom. The van der Waals surface area contributed by atoms with Gasteiger partial charge in [0.1, 0.15) is 5.75 Å². The van der Waals surface area contributed by atoms with Gasteiger partial charge in [-0.2, -0.15) is 0 Å². The summed E-state index contributed by atoms with van der Waals surface area (Å²) in [5, 5.41) is 0. The summed E-state index contributed by atoms with van der Waals surface area (Å²) in [6.45, 7) is 8.52. The Kier molecular flexibility index (Phi) is 6.58. The number of halogens is 1. The van der Waals surface area contributed by atoms with Gasteiger partial charge >= 0.3 is 0 Å². The molecule has 1 aromatic carbocycles. The van der Waals surface area contributed by atoms with Crippen LogP contribution in [-0.4, -0.2) is 13.2 Å². The summed E-state index contributed by atoms with van der Waals surface area (Å²) in [6.07, 6.45) is 0.926. The lowest BCUT2D eigenvalue weighted by Gasteiger charge is -2.17. The molecule has 1 atom stereocenters. The van der Waals surface area contributed by atoms with Gasteiger partial charge in [0, 0.05) is 6.04 Å². The van der Waals surface area contributed by atoms with E-state index in [0.717, 1.165) is 12.2 Å². The molecule has 98 valence electrons. The number of hydrogen-bond donors (Lipinski definition) is 1. The maximum atomic E-state index is 5.86. The Labute approximate surface area is 111 Å². The SMILES string of the molecule is COc1cc(C)c(CC(C)N)cc1C(C)C.Cl. The zero-order chi connectivity index (χ0) is 12.3. The molecule has 2 N–H and O–H groups in total. The predicted octanol–water partition coefficient (Wildman–Crippen LogP) is 3.44. The lowest BCUT2D eigenvalue weighted by atomic mass is 9.94.